The number of aryl methyl sites for hydroxylation is 2. The van der Waals surface area contributed by atoms with Crippen molar-refractivity contribution in [1.82, 2.24) is 4.98 Å². The van der Waals surface area contributed by atoms with Gasteiger partial charge in [-0.1, -0.05) is 11.6 Å². The van der Waals surface area contributed by atoms with Crippen molar-refractivity contribution in [1.29, 1.82) is 0 Å². The molecule has 17 heavy (non-hydrogen) atoms. The molecule has 2 rings (SSSR count). The first-order chi connectivity index (χ1) is 8.08. The maximum Gasteiger partial charge on any atom is 0.0719 e. The summed E-state index contributed by atoms with van der Waals surface area (Å²) < 4.78 is 0. The lowest BCUT2D eigenvalue weighted by Gasteiger charge is -2.08. The molecule has 0 bridgehead atoms. The van der Waals surface area contributed by atoms with Crippen LogP contribution in [0.4, 0.5) is 0 Å². The van der Waals surface area contributed by atoms with Crippen LogP contribution in [-0.4, -0.2) is 4.98 Å². The van der Waals surface area contributed by atoms with Crippen LogP contribution in [0.2, 0.25) is 5.02 Å². The van der Waals surface area contributed by atoms with Crippen LogP contribution in [-0.2, 0) is 6.42 Å². The van der Waals surface area contributed by atoms with Crippen LogP contribution < -0.4 is 0 Å². The van der Waals surface area contributed by atoms with E-state index >= 15 is 0 Å². The summed E-state index contributed by atoms with van der Waals surface area (Å²) in [4.78, 5) is 6.50. The minimum Gasteiger partial charge on any atom is -0.263 e. The van der Waals surface area contributed by atoms with E-state index in [2.05, 4.69) is 24.9 Å². The van der Waals surface area contributed by atoms with Crippen molar-refractivity contribution in [3.63, 3.8) is 0 Å². The van der Waals surface area contributed by atoms with Crippen LogP contribution in [0.15, 0.2) is 24.5 Å². The summed E-state index contributed by atoms with van der Waals surface area (Å²) in [6.45, 7) is 4.23. The van der Waals surface area contributed by atoms with Crippen molar-refractivity contribution < 1.29 is 0 Å². The van der Waals surface area contributed by atoms with E-state index in [-0.39, 0.29) is 5.38 Å². The van der Waals surface area contributed by atoms with Gasteiger partial charge in [-0.25, -0.2) is 0 Å². The average molecular weight is 286 g/mol. The fraction of sp³-hybridized carbons (Fsp3) is 0.308. The molecule has 0 aliphatic rings. The Kier molecular flexibility index (Phi) is 4.08. The van der Waals surface area contributed by atoms with Crippen molar-refractivity contribution in [2.75, 3.05) is 0 Å². The largest absolute Gasteiger partial charge is 0.263 e. The molecule has 0 saturated carbocycles. The van der Waals surface area contributed by atoms with Gasteiger partial charge >= 0.3 is 0 Å². The molecular formula is C13H13Cl2NS. The van der Waals surface area contributed by atoms with E-state index in [0.717, 1.165) is 12.0 Å². The quantitative estimate of drug-likeness (QED) is 0.728. The second-order valence-electron chi connectivity index (χ2n) is 4.03. The fourth-order valence-corrected chi connectivity index (χ4v) is 3.20. The molecule has 90 valence electrons. The van der Waals surface area contributed by atoms with Crippen molar-refractivity contribution in [2.45, 2.75) is 25.6 Å². The van der Waals surface area contributed by atoms with Gasteiger partial charge in [0.2, 0.25) is 0 Å². The number of rotatable bonds is 3. The Morgan fingerprint density at radius 1 is 1.41 bits per heavy atom. The van der Waals surface area contributed by atoms with Gasteiger partial charge in [0.1, 0.15) is 0 Å². The van der Waals surface area contributed by atoms with Crippen molar-refractivity contribution >= 4 is 34.5 Å². The maximum absolute atomic E-state index is 6.43. The number of halogens is 2. The minimum absolute atomic E-state index is 0.0210. The first-order valence-corrected chi connectivity index (χ1v) is 7.00. The number of hydrogen-bond donors (Lipinski definition) is 0. The summed E-state index contributed by atoms with van der Waals surface area (Å²) in [5, 5.41) is 0.662. The van der Waals surface area contributed by atoms with Gasteiger partial charge < -0.3 is 0 Å². The molecule has 4 heteroatoms. The zero-order valence-corrected chi connectivity index (χ0v) is 12.0. The molecule has 2 heterocycles. The number of hydrogen-bond acceptors (Lipinski definition) is 2. The van der Waals surface area contributed by atoms with E-state index in [1.54, 1.807) is 23.7 Å². The molecule has 0 aliphatic carbocycles. The van der Waals surface area contributed by atoms with E-state index in [0.29, 0.717) is 5.02 Å². The Hall–Kier alpha value is -0.570. The number of aromatic nitrogens is 1. The molecule has 0 saturated heterocycles. The van der Waals surface area contributed by atoms with Gasteiger partial charge in [-0.2, -0.15) is 0 Å². The molecule has 1 nitrogen and oxygen atoms in total. The first-order valence-electron chi connectivity index (χ1n) is 5.37. The van der Waals surface area contributed by atoms with Crippen LogP contribution >= 0.6 is 34.5 Å². The van der Waals surface area contributed by atoms with Crippen LogP contribution in [0.25, 0.3) is 0 Å². The van der Waals surface area contributed by atoms with E-state index in [1.807, 2.05) is 6.07 Å². The highest BCUT2D eigenvalue weighted by Gasteiger charge is 2.14. The number of alkyl halides is 1. The molecule has 0 N–H and O–H groups in total. The summed E-state index contributed by atoms with van der Waals surface area (Å²) in [7, 11) is 0. The molecule has 0 spiro atoms. The van der Waals surface area contributed by atoms with Gasteiger partial charge in [0.15, 0.2) is 0 Å². The van der Waals surface area contributed by atoms with Crippen molar-refractivity contribution in [3.8, 4) is 0 Å². The van der Waals surface area contributed by atoms with Gasteiger partial charge in [0.05, 0.1) is 10.4 Å². The number of nitrogens with zero attached hydrogens (tertiary/aromatic N) is 1. The van der Waals surface area contributed by atoms with Crippen molar-refractivity contribution in [3.05, 3.63) is 50.4 Å². The number of pyridine rings is 1. The summed E-state index contributed by atoms with van der Waals surface area (Å²) in [5.41, 5.74) is 2.35. The van der Waals surface area contributed by atoms with Gasteiger partial charge in [0, 0.05) is 22.1 Å². The van der Waals surface area contributed by atoms with E-state index in [1.165, 1.54) is 15.3 Å². The highest BCUT2D eigenvalue weighted by molar-refractivity contribution is 7.12. The lowest BCUT2D eigenvalue weighted by molar-refractivity contribution is 0.935. The van der Waals surface area contributed by atoms with Gasteiger partial charge in [-0.05, 0) is 43.5 Å². The lowest BCUT2D eigenvalue weighted by Crippen LogP contribution is -1.94. The molecular weight excluding hydrogens is 273 g/mol. The molecule has 1 atom stereocenters. The summed E-state index contributed by atoms with van der Waals surface area (Å²) in [6, 6.07) is 4.08. The van der Waals surface area contributed by atoms with Crippen LogP contribution in [0, 0.1) is 13.8 Å². The molecule has 0 aliphatic heterocycles. The smallest absolute Gasteiger partial charge is 0.0719 e. The predicted molar refractivity (Wildman–Crippen MR) is 75.3 cm³/mol. The third-order valence-corrected chi connectivity index (χ3v) is 4.87. The highest BCUT2D eigenvalue weighted by atomic mass is 35.5. The van der Waals surface area contributed by atoms with Gasteiger partial charge in [0.25, 0.3) is 0 Å². The van der Waals surface area contributed by atoms with E-state index < -0.39 is 0 Å². The minimum atomic E-state index is -0.0210. The molecule has 0 amide bonds. The van der Waals surface area contributed by atoms with Crippen molar-refractivity contribution in [2.24, 2.45) is 0 Å². The van der Waals surface area contributed by atoms with Crippen LogP contribution in [0.1, 0.15) is 26.3 Å². The Bertz CT molecular complexity index is 502. The molecule has 2 aromatic heterocycles. The normalized spacial score (nSPS) is 12.7. The zero-order chi connectivity index (χ0) is 12.4. The molecule has 0 aromatic carbocycles. The third-order valence-electron chi connectivity index (χ3n) is 2.75. The fourth-order valence-electron chi connectivity index (χ4n) is 1.62. The Balaban J connectivity index is 2.17. The first kappa shape index (κ1) is 12.9. The van der Waals surface area contributed by atoms with Gasteiger partial charge in [-0.15, -0.1) is 22.9 Å². The standard InChI is InChI=1S/C13H13Cl2NS/c1-8-5-13(17-9(8)2)11(14)6-10-3-4-16-7-12(10)15/h3-5,7,11H,6H2,1-2H3. The Morgan fingerprint density at radius 2 is 2.18 bits per heavy atom. The average Bonchev–Trinajstić information content (AvgIpc) is 2.63. The van der Waals surface area contributed by atoms with Gasteiger partial charge in [-0.3, -0.25) is 4.98 Å². The Labute approximate surface area is 115 Å². The predicted octanol–water partition coefficient (Wildman–Crippen LogP) is 4.94. The third kappa shape index (κ3) is 3.01. The van der Waals surface area contributed by atoms with E-state index in [9.17, 15) is 0 Å². The monoisotopic (exact) mass is 285 g/mol. The lowest BCUT2D eigenvalue weighted by atomic mass is 10.1. The van der Waals surface area contributed by atoms with E-state index in [4.69, 9.17) is 23.2 Å². The maximum atomic E-state index is 6.43. The number of thiophene rings is 1. The molecule has 2 aromatic rings. The second-order valence-corrected chi connectivity index (χ2v) is 6.25. The Morgan fingerprint density at radius 3 is 2.76 bits per heavy atom. The zero-order valence-electron chi connectivity index (χ0n) is 9.71. The molecule has 1 unspecified atom stereocenters. The molecule has 0 radical (unpaired) electrons. The highest BCUT2D eigenvalue weighted by Crippen LogP contribution is 2.33. The summed E-state index contributed by atoms with van der Waals surface area (Å²) in [6.07, 6.45) is 4.14. The van der Waals surface area contributed by atoms with Crippen LogP contribution in [0.5, 0.6) is 0 Å². The topological polar surface area (TPSA) is 12.9 Å². The molecule has 0 fully saturated rings. The SMILES string of the molecule is Cc1cc(C(Cl)Cc2ccncc2Cl)sc1C. The van der Waals surface area contributed by atoms with Crippen LogP contribution in [0.3, 0.4) is 0 Å². The second kappa shape index (κ2) is 5.38. The summed E-state index contributed by atoms with van der Waals surface area (Å²) >= 11 is 14.3. The summed E-state index contributed by atoms with van der Waals surface area (Å²) in [5.74, 6) is 0.